The van der Waals surface area contributed by atoms with Crippen molar-refractivity contribution in [3.8, 4) is 5.69 Å². The monoisotopic (exact) mass is 372 g/mol. The Hall–Kier alpha value is -3.46. The molecule has 0 saturated heterocycles. The lowest BCUT2D eigenvalue weighted by atomic mass is 10.2. The van der Waals surface area contributed by atoms with Crippen LogP contribution in [0.4, 0.5) is 14.9 Å². The highest BCUT2D eigenvalue weighted by atomic mass is 19.1. The number of halogens is 1. The van der Waals surface area contributed by atoms with Gasteiger partial charge < -0.3 is 20.9 Å². The molecule has 1 unspecified atom stereocenters. The summed E-state index contributed by atoms with van der Waals surface area (Å²) in [5.41, 5.74) is 7.16. The average molecular weight is 372 g/mol. The van der Waals surface area contributed by atoms with E-state index in [9.17, 15) is 14.0 Å². The molecule has 0 aliphatic carbocycles. The summed E-state index contributed by atoms with van der Waals surface area (Å²) >= 11 is 0. The first-order chi connectivity index (χ1) is 12.9. The van der Waals surface area contributed by atoms with Crippen LogP contribution in [0.2, 0.25) is 0 Å². The number of hydrogen-bond acceptors (Lipinski definition) is 5. The number of aryl methyl sites for hydroxylation is 1. The van der Waals surface area contributed by atoms with Crippen molar-refractivity contribution in [3.05, 3.63) is 54.0 Å². The van der Waals surface area contributed by atoms with Crippen LogP contribution in [0.25, 0.3) is 16.6 Å². The largest absolute Gasteiger partial charge is 0.434 e. The van der Waals surface area contributed by atoms with Gasteiger partial charge in [0.2, 0.25) is 6.10 Å². The van der Waals surface area contributed by atoms with Crippen LogP contribution in [-0.2, 0) is 9.53 Å². The Morgan fingerprint density at radius 3 is 2.81 bits per heavy atom. The molecule has 0 aliphatic heterocycles. The highest BCUT2D eigenvalue weighted by Gasteiger charge is 2.22. The van der Waals surface area contributed by atoms with Gasteiger partial charge in [-0.15, -0.1) is 0 Å². The number of nitrogens with one attached hydrogen (secondary N) is 1. The van der Waals surface area contributed by atoms with Gasteiger partial charge in [0, 0.05) is 5.69 Å². The molecule has 3 rings (SSSR count). The van der Waals surface area contributed by atoms with Crippen LogP contribution in [0.3, 0.4) is 0 Å². The summed E-state index contributed by atoms with van der Waals surface area (Å²) in [5.74, 6) is -1.42. The third kappa shape index (κ3) is 3.87. The number of carbonyl (C=O) groups excluding carboxylic acids is 2. The van der Waals surface area contributed by atoms with Crippen molar-refractivity contribution in [3.63, 3.8) is 0 Å². The second-order valence-electron chi connectivity index (χ2n) is 5.88. The molecule has 0 bridgehead atoms. The topological polar surface area (TPSA) is 119 Å². The first-order valence-electron chi connectivity index (χ1n) is 8.01. The van der Waals surface area contributed by atoms with E-state index in [0.717, 1.165) is 17.3 Å². The van der Waals surface area contributed by atoms with E-state index in [1.54, 1.807) is 4.68 Å². The van der Waals surface area contributed by atoms with Crippen molar-refractivity contribution in [2.45, 2.75) is 13.0 Å². The number of nitrogens with zero attached hydrogens (tertiary/aromatic N) is 2. The molecule has 0 aliphatic rings. The Morgan fingerprint density at radius 1 is 1.37 bits per heavy atom. The SMILES string of the molecule is Cc1cccc(-n2ncc3c(F)cc(NC(=O)C(CO)OC(N)=O)cc32)c1. The molecule has 0 fully saturated rings. The lowest BCUT2D eigenvalue weighted by molar-refractivity contribution is -0.125. The second-order valence-corrected chi connectivity index (χ2v) is 5.88. The van der Waals surface area contributed by atoms with Crippen LogP contribution in [0, 0.1) is 12.7 Å². The van der Waals surface area contributed by atoms with E-state index >= 15 is 0 Å². The maximum atomic E-state index is 14.4. The summed E-state index contributed by atoms with van der Waals surface area (Å²) in [6.45, 7) is 1.16. The molecular formula is C18H17FN4O4. The number of aliphatic hydroxyl groups is 1. The lowest BCUT2D eigenvalue weighted by Gasteiger charge is -2.14. The Morgan fingerprint density at radius 2 is 2.15 bits per heavy atom. The molecule has 2 amide bonds. The number of aromatic nitrogens is 2. The predicted octanol–water partition coefficient (Wildman–Crippen LogP) is 1.87. The fourth-order valence-corrected chi connectivity index (χ4v) is 2.66. The summed E-state index contributed by atoms with van der Waals surface area (Å²) < 4.78 is 20.5. The molecule has 3 aromatic rings. The summed E-state index contributed by atoms with van der Waals surface area (Å²) in [7, 11) is 0. The van der Waals surface area contributed by atoms with E-state index in [1.807, 2.05) is 31.2 Å². The van der Waals surface area contributed by atoms with Gasteiger partial charge in [0.25, 0.3) is 5.91 Å². The fourth-order valence-electron chi connectivity index (χ4n) is 2.66. The number of amides is 2. The zero-order chi connectivity index (χ0) is 19.6. The van der Waals surface area contributed by atoms with Crippen molar-refractivity contribution in [1.29, 1.82) is 0 Å². The molecule has 0 spiro atoms. The first-order valence-corrected chi connectivity index (χ1v) is 8.01. The lowest BCUT2D eigenvalue weighted by Crippen LogP contribution is -2.37. The van der Waals surface area contributed by atoms with E-state index < -0.39 is 30.5 Å². The zero-order valence-electron chi connectivity index (χ0n) is 14.3. The Kier molecular flexibility index (Phi) is 5.04. The zero-order valence-corrected chi connectivity index (χ0v) is 14.3. The first kappa shape index (κ1) is 18.3. The molecule has 8 nitrogen and oxygen atoms in total. The molecule has 9 heteroatoms. The Labute approximate surface area is 153 Å². The highest BCUT2D eigenvalue weighted by Crippen LogP contribution is 2.25. The number of aliphatic hydroxyl groups excluding tert-OH is 1. The van der Waals surface area contributed by atoms with Gasteiger partial charge in [0.15, 0.2) is 0 Å². The quantitative estimate of drug-likeness (QED) is 0.632. The molecule has 2 aromatic carbocycles. The average Bonchev–Trinajstić information content (AvgIpc) is 3.04. The molecule has 1 atom stereocenters. The summed E-state index contributed by atoms with van der Waals surface area (Å²) in [5, 5.41) is 16.0. The standard InChI is InChI=1S/C18H17FN4O4/c1-10-3-2-4-12(5-10)23-15-7-11(6-14(19)13(15)8-21-23)22-17(25)16(9-24)27-18(20)26/h2-8,16,24H,9H2,1H3,(H2,20,26)(H,22,25). The maximum absolute atomic E-state index is 14.4. The summed E-state index contributed by atoms with van der Waals surface area (Å²) in [6.07, 6.45) is -1.31. The maximum Gasteiger partial charge on any atom is 0.405 e. The Balaban J connectivity index is 1.97. The van der Waals surface area contributed by atoms with Gasteiger partial charge in [-0.25, -0.2) is 13.9 Å². The van der Waals surface area contributed by atoms with Crippen molar-refractivity contribution < 1.29 is 23.8 Å². The van der Waals surface area contributed by atoms with Gasteiger partial charge in [0.1, 0.15) is 5.82 Å². The molecule has 4 N–H and O–H groups in total. The normalized spacial score (nSPS) is 12.0. The van der Waals surface area contributed by atoms with Crippen LogP contribution in [0.1, 0.15) is 5.56 Å². The molecule has 1 aromatic heterocycles. The minimum Gasteiger partial charge on any atom is -0.434 e. The van der Waals surface area contributed by atoms with Crippen molar-refractivity contribution in [2.24, 2.45) is 5.73 Å². The third-order valence-corrected chi connectivity index (χ3v) is 3.87. The molecule has 27 heavy (non-hydrogen) atoms. The second kappa shape index (κ2) is 7.42. The van der Waals surface area contributed by atoms with Crippen LogP contribution in [0.5, 0.6) is 0 Å². The van der Waals surface area contributed by atoms with Crippen LogP contribution < -0.4 is 11.1 Å². The fraction of sp³-hybridized carbons (Fsp3) is 0.167. The van der Waals surface area contributed by atoms with Crippen molar-refractivity contribution in [1.82, 2.24) is 9.78 Å². The van der Waals surface area contributed by atoms with Crippen molar-refractivity contribution in [2.75, 3.05) is 11.9 Å². The molecule has 0 saturated carbocycles. The highest BCUT2D eigenvalue weighted by molar-refractivity contribution is 5.97. The van der Waals surface area contributed by atoms with E-state index in [-0.39, 0.29) is 11.1 Å². The Bertz CT molecular complexity index is 1020. The van der Waals surface area contributed by atoms with E-state index in [4.69, 9.17) is 10.8 Å². The molecule has 140 valence electrons. The summed E-state index contributed by atoms with van der Waals surface area (Å²) in [6, 6.07) is 10.1. The number of nitrogens with two attached hydrogens (primary N) is 1. The predicted molar refractivity (Wildman–Crippen MR) is 95.9 cm³/mol. The number of fused-ring (bicyclic) bond motifs is 1. The number of benzene rings is 2. The van der Waals surface area contributed by atoms with E-state index in [1.165, 1.54) is 12.3 Å². The van der Waals surface area contributed by atoms with Crippen molar-refractivity contribution >= 4 is 28.6 Å². The van der Waals surface area contributed by atoms with E-state index in [0.29, 0.717) is 5.52 Å². The van der Waals surface area contributed by atoms with Crippen LogP contribution in [0.15, 0.2) is 42.6 Å². The number of hydrogen-bond donors (Lipinski definition) is 3. The number of rotatable bonds is 5. The van der Waals surface area contributed by atoms with Gasteiger partial charge in [-0.2, -0.15) is 5.10 Å². The van der Waals surface area contributed by atoms with Gasteiger partial charge in [-0.3, -0.25) is 4.79 Å². The van der Waals surface area contributed by atoms with Gasteiger partial charge >= 0.3 is 6.09 Å². The number of carbonyl (C=O) groups is 2. The minimum absolute atomic E-state index is 0.117. The smallest absolute Gasteiger partial charge is 0.405 e. The van der Waals surface area contributed by atoms with Gasteiger partial charge in [-0.05, 0) is 36.8 Å². The molecule has 0 radical (unpaired) electrons. The molecular weight excluding hydrogens is 355 g/mol. The van der Waals surface area contributed by atoms with Crippen LogP contribution in [-0.4, -0.2) is 39.6 Å². The van der Waals surface area contributed by atoms with Gasteiger partial charge in [0.05, 0.1) is 29.4 Å². The van der Waals surface area contributed by atoms with Crippen LogP contribution >= 0.6 is 0 Å². The minimum atomic E-state index is -1.50. The van der Waals surface area contributed by atoms with E-state index in [2.05, 4.69) is 15.2 Å². The molecule has 1 heterocycles. The summed E-state index contributed by atoms with van der Waals surface area (Å²) in [4.78, 5) is 22.9. The number of ether oxygens (including phenoxy) is 1. The van der Waals surface area contributed by atoms with Gasteiger partial charge in [-0.1, -0.05) is 12.1 Å². The number of anilines is 1. The number of primary amides is 1. The third-order valence-electron chi connectivity index (χ3n) is 3.87.